The Balaban J connectivity index is 1.80. The van der Waals surface area contributed by atoms with Crippen LogP contribution in [0.4, 0.5) is 13.2 Å². The molecule has 1 fully saturated rings. The summed E-state index contributed by atoms with van der Waals surface area (Å²) in [5.74, 6) is -0.160. The van der Waals surface area contributed by atoms with Crippen molar-refractivity contribution in [2.24, 2.45) is 7.05 Å². The first-order valence-electron chi connectivity index (χ1n) is 7.54. The van der Waals surface area contributed by atoms with Gasteiger partial charge in [0.15, 0.2) is 0 Å². The largest absolute Gasteiger partial charge is 0.416 e. The van der Waals surface area contributed by atoms with Gasteiger partial charge in [0.2, 0.25) is 0 Å². The molecule has 0 saturated heterocycles. The SMILES string of the molecule is Cn1cc(Cl)cc1C(=O)N(Cc1ccc(C(F)(F)F)cc1)C1CC1. The second-order valence-electron chi connectivity index (χ2n) is 6.01. The summed E-state index contributed by atoms with van der Waals surface area (Å²) >= 11 is 5.93. The summed E-state index contributed by atoms with van der Waals surface area (Å²) in [6.07, 6.45) is -0.891. The quantitative estimate of drug-likeness (QED) is 0.791. The van der Waals surface area contributed by atoms with Crippen LogP contribution in [-0.2, 0) is 19.8 Å². The lowest BCUT2D eigenvalue weighted by molar-refractivity contribution is -0.137. The molecule has 1 saturated carbocycles. The Bertz CT molecular complexity index is 748. The lowest BCUT2D eigenvalue weighted by Gasteiger charge is -2.23. The Kier molecular flexibility index (Phi) is 4.34. The van der Waals surface area contributed by atoms with Crippen LogP contribution in [0.3, 0.4) is 0 Å². The van der Waals surface area contributed by atoms with Gasteiger partial charge in [-0.05, 0) is 36.6 Å². The number of aromatic nitrogens is 1. The summed E-state index contributed by atoms with van der Waals surface area (Å²) in [6, 6.07) is 6.67. The van der Waals surface area contributed by atoms with E-state index in [4.69, 9.17) is 11.6 Å². The zero-order valence-electron chi connectivity index (χ0n) is 13.0. The van der Waals surface area contributed by atoms with Crippen LogP contribution in [0.1, 0.15) is 34.5 Å². The Labute approximate surface area is 142 Å². The fourth-order valence-electron chi connectivity index (χ4n) is 2.63. The molecule has 128 valence electrons. The summed E-state index contributed by atoms with van der Waals surface area (Å²) in [6.45, 7) is 0.282. The van der Waals surface area contributed by atoms with E-state index < -0.39 is 11.7 Å². The maximum absolute atomic E-state index is 12.8. The fourth-order valence-corrected chi connectivity index (χ4v) is 2.88. The Hall–Kier alpha value is -1.95. The van der Waals surface area contributed by atoms with Crippen molar-refractivity contribution < 1.29 is 18.0 Å². The van der Waals surface area contributed by atoms with Crippen molar-refractivity contribution in [3.05, 3.63) is 58.4 Å². The van der Waals surface area contributed by atoms with Gasteiger partial charge in [0.05, 0.1) is 10.6 Å². The van der Waals surface area contributed by atoms with Crippen LogP contribution in [0.2, 0.25) is 5.02 Å². The predicted molar refractivity (Wildman–Crippen MR) is 84.8 cm³/mol. The van der Waals surface area contributed by atoms with Gasteiger partial charge < -0.3 is 9.47 Å². The minimum Gasteiger partial charge on any atom is -0.345 e. The number of hydrogen-bond acceptors (Lipinski definition) is 1. The van der Waals surface area contributed by atoms with Crippen LogP contribution in [0.5, 0.6) is 0 Å². The van der Waals surface area contributed by atoms with E-state index in [0.717, 1.165) is 25.0 Å². The van der Waals surface area contributed by atoms with Crippen molar-refractivity contribution in [1.82, 2.24) is 9.47 Å². The van der Waals surface area contributed by atoms with E-state index in [1.807, 2.05) is 0 Å². The monoisotopic (exact) mass is 356 g/mol. The molecular weight excluding hydrogens is 341 g/mol. The van der Waals surface area contributed by atoms with Gasteiger partial charge in [0, 0.05) is 25.8 Å². The van der Waals surface area contributed by atoms with Gasteiger partial charge in [-0.15, -0.1) is 0 Å². The summed E-state index contributed by atoms with van der Waals surface area (Å²) in [7, 11) is 1.74. The van der Waals surface area contributed by atoms with Crippen molar-refractivity contribution in [1.29, 1.82) is 0 Å². The first-order valence-corrected chi connectivity index (χ1v) is 7.92. The number of hydrogen-bond donors (Lipinski definition) is 0. The molecule has 2 aromatic rings. The van der Waals surface area contributed by atoms with Gasteiger partial charge in [-0.2, -0.15) is 13.2 Å². The molecule has 0 unspecified atom stereocenters. The van der Waals surface area contributed by atoms with E-state index in [2.05, 4.69) is 0 Å². The molecule has 1 aliphatic rings. The number of aryl methyl sites for hydroxylation is 1. The molecule has 0 N–H and O–H groups in total. The van der Waals surface area contributed by atoms with E-state index in [9.17, 15) is 18.0 Å². The zero-order valence-corrected chi connectivity index (χ0v) is 13.7. The third-order valence-corrected chi connectivity index (χ3v) is 4.28. The molecule has 24 heavy (non-hydrogen) atoms. The zero-order chi connectivity index (χ0) is 17.5. The molecule has 7 heteroatoms. The average Bonchev–Trinajstić information content (AvgIpc) is 3.28. The minimum atomic E-state index is -4.36. The van der Waals surface area contributed by atoms with Crippen LogP contribution in [0, 0.1) is 0 Å². The van der Waals surface area contributed by atoms with Gasteiger partial charge in [0.25, 0.3) is 5.91 Å². The van der Waals surface area contributed by atoms with Crippen molar-refractivity contribution in [2.45, 2.75) is 31.6 Å². The predicted octanol–water partition coefficient (Wildman–Crippen LogP) is 4.50. The maximum Gasteiger partial charge on any atom is 0.416 e. The summed E-state index contributed by atoms with van der Waals surface area (Å²) in [5, 5.41) is 0.478. The van der Waals surface area contributed by atoms with Gasteiger partial charge in [-0.25, -0.2) is 0 Å². The highest BCUT2D eigenvalue weighted by Gasteiger charge is 2.34. The lowest BCUT2D eigenvalue weighted by atomic mass is 10.1. The number of amides is 1. The number of nitrogens with zero attached hydrogens (tertiary/aromatic N) is 2. The summed E-state index contributed by atoms with van der Waals surface area (Å²) in [5.41, 5.74) is 0.451. The third kappa shape index (κ3) is 3.59. The molecule has 1 aromatic heterocycles. The maximum atomic E-state index is 12.8. The normalized spacial score (nSPS) is 14.7. The Morgan fingerprint density at radius 2 is 1.92 bits per heavy atom. The van der Waals surface area contributed by atoms with Crippen LogP contribution < -0.4 is 0 Å². The van der Waals surface area contributed by atoms with Gasteiger partial charge >= 0.3 is 6.18 Å². The highest BCUT2D eigenvalue weighted by atomic mass is 35.5. The number of alkyl halides is 3. The average molecular weight is 357 g/mol. The van der Waals surface area contributed by atoms with Crippen LogP contribution in [-0.4, -0.2) is 21.4 Å². The lowest BCUT2D eigenvalue weighted by Crippen LogP contribution is -2.33. The molecule has 0 atom stereocenters. The Morgan fingerprint density at radius 3 is 2.38 bits per heavy atom. The second-order valence-corrected chi connectivity index (χ2v) is 6.45. The molecule has 0 bridgehead atoms. The van der Waals surface area contributed by atoms with E-state index in [1.165, 1.54) is 12.1 Å². The van der Waals surface area contributed by atoms with Crippen LogP contribution in [0.25, 0.3) is 0 Å². The van der Waals surface area contributed by atoms with Crippen LogP contribution >= 0.6 is 11.6 Å². The van der Waals surface area contributed by atoms with E-state index >= 15 is 0 Å². The van der Waals surface area contributed by atoms with Crippen molar-refractivity contribution in [3.8, 4) is 0 Å². The van der Waals surface area contributed by atoms with Gasteiger partial charge in [0.1, 0.15) is 5.69 Å². The molecule has 0 spiro atoms. The van der Waals surface area contributed by atoms with Crippen molar-refractivity contribution >= 4 is 17.5 Å². The van der Waals surface area contributed by atoms with E-state index in [0.29, 0.717) is 16.3 Å². The minimum absolute atomic E-state index is 0.133. The standard InChI is InChI=1S/C17H16ClF3N2O/c1-22-10-13(18)8-15(22)16(24)23(14-6-7-14)9-11-2-4-12(5-3-11)17(19,20)21/h2-5,8,10,14H,6-7,9H2,1H3. The fraction of sp³-hybridized carbons (Fsp3) is 0.353. The van der Waals surface area contributed by atoms with E-state index in [1.54, 1.807) is 28.8 Å². The third-order valence-electron chi connectivity index (χ3n) is 4.07. The summed E-state index contributed by atoms with van der Waals surface area (Å²) in [4.78, 5) is 14.5. The van der Waals surface area contributed by atoms with Crippen molar-refractivity contribution in [3.63, 3.8) is 0 Å². The number of carbonyl (C=O) groups excluding carboxylic acids is 1. The number of benzene rings is 1. The van der Waals surface area contributed by atoms with Gasteiger partial charge in [-0.1, -0.05) is 23.7 Å². The second kappa shape index (κ2) is 6.16. The molecule has 1 heterocycles. The molecule has 0 radical (unpaired) electrons. The molecule has 1 aromatic carbocycles. The van der Waals surface area contributed by atoms with Gasteiger partial charge in [-0.3, -0.25) is 4.79 Å². The van der Waals surface area contributed by atoms with Crippen molar-refractivity contribution in [2.75, 3.05) is 0 Å². The van der Waals surface area contributed by atoms with Crippen LogP contribution in [0.15, 0.2) is 36.5 Å². The molecule has 3 nitrogen and oxygen atoms in total. The number of halogens is 4. The first kappa shape index (κ1) is 16.9. The molecule has 0 aliphatic heterocycles. The number of carbonyl (C=O) groups is 1. The molecule has 3 rings (SSSR count). The number of rotatable bonds is 4. The molecular formula is C17H16ClF3N2O. The molecule has 1 aliphatic carbocycles. The highest BCUT2D eigenvalue weighted by Crippen LogP contribution is 2.32. The molecule has 1 amide bonds. The highest BCUT2D eigenvalue weighted by molar-refractivity contribution is 6.31. The smallest absolute Gasteiger partial charge is 0.345 e. The first-order chi connectivity index (χ1) is 11.3. The Morgan fingerprint density at radius 1 is 1.29 bits per heavy atom. The van der Waals surface area contributed by atoms with E-state index in [-0.39, 0.29) is 18.5 Å². The summed E-state index contributed by atoms with van der Waals surface area (Å²) < 4.78 is 39.6. The topological polar surface area (TPSA) is 25.2 Å².